The largest absolute Gasteiger partial charge is 0.346 e. The molecule has 168 valence electrons. The van der Waals surface area contributed by atoms with Crippen LogP contribution in [0.25, 0.3) is 0 Å². The molecule has 0 fully saturated rings. The van der Waals surface area contributed by atoms with E-state index in [-0.39, 0.29) is 21.5 Å². The minimum absolute atomic E-state index is 0.00347. The zero-order valence-electron chi connectivity index (χ0n) is 18.2. The Balaban J connectivity index is 1.83. The quantitative estimate of drug-likeness (QED) is 0.529. The van der Waals surface area contributed by atoms with Crippen molar-refractivity contribution < 1.29 is 18.1 Å². The average Bonchev–Trinajstić information content (AvgIpc) is 2.79. The Hall–Kier alpha value is -2.87. The zero-order valence-corrected chi connectivity index (χ0v) is 19.8. The molecule has 3 aromatic carbocycles. The maximum absolute atomic E-state index is 13.1. The number of quaternary nitrogens is 1. The Bertz CT molecular complexity index is 1170. The molecule has 6 nitrogen and oxygen atoms in total. The minimum Gasteiger partial charge on any atom is -0.346 e. The molecule has 0 unspecified atom stereocenters. The fraction of sp³-hybridized carbons (Fsp3) is 0.208. The van der Waals surface area contributed by atoms with Crippen LogP contribution in [-0.4, -0.2) is 42.0 Å². The van der Waals surface area contributed by atoms with Crippen molar-refractivity contribution >= 4 is 33.2 Å². The lowest BCUT2D eigenvalue weighted by atomic mass is 10.1. The van der Waals surface area contributed by atoms with Crippen LogP contribution in [-0.2, 0) is 10.0 Å². The maximum Gasteiger partial charge on any atom is 0.264 e. The number of nitrogens with one attached hydrogen (secondary N) is 2. The van der Waals surface area contributed by atoms with Gasteiger partial charge in [-0.1, -0.05) is 60.1 Å². The number of carbonyl (C=O) groups is 1. The van der Waals surface area contributed by atoms with Crippen LogP contribution >= 0.6 is 11.6 Å². The van der Waals surface area contributed by atoms with Gasteiger partial charge in [0.05, 0.1) is 41.8 Å². The molecule has 1 amide bonds. The average molecular weight is 473 g/mol. The number of nitrogens with zero attached hydrogens (tertiary/aromatic N) is 1. The molecule has 0 spiro atoms. The van der Waals surface area contributed by atoms with E-state index in [1.807, 2.05) is 50.5 Å². The molecule has 3 rings (SSSR count). The van der Waals surface area contributed by atoms with E-state index in [1.54, 1.807) is 24.3 Å². The first-order valence-electron chi connectivity index (χ1n) is 10.2. The number of likely N-dealkylation sites (N-methyl/N-ethyl adjacent to an activating group) is 1. The van der Waals surface area contributed by atoms with Gasteiger partial charge in [-0.25, -0.2) is 8.42 Å². The number of hydrogen-bond donors (Lipinski definition) is 2. The van der Waals surface area contributed by atoms with E-state index in [9.17, 15) is 13.2 Å². The summed E-state index contributed by atoms with van der Waals surface area (Å²) in [7, 11) is 1.65. The number of halogens is 1. The molecule has 0 aliphatic rings. The summed E-state index contributed by atoms with van der Waals surface area (Å²) in [6, 6.07) is 22.9. The molecule has 0 radical (unpaired) electrons. The van der Waals surface area contributed by atoms with E-state index >= 15 is 0 Å². The van der Waals surface area contributed by atoms with Crippen molar-refractivity contribution in [2.45, 2.75) is 10.9 Å². The van der Waals surface area contributed by atoms with Gasteiger partial charge >= 0.3 is 0 Å². The van der Waals surface area contributed by atoms with Crippen LogP contribution in [0.3, 0.4) is 0 Å². The molecule has 0 heterocycles. The molecule has 3 aromatic rings. The van der Waals surface area contributed by atoms with Gasteiger partial charge in [-0.15, -0.1) is 0 Å². The lowest BCUT2D eigenvalue weighted by molar-refractivity contribution is -0.890. The Morgan fingerprint density at radius 2 is 1.59 bits per heavy atom. The molecular formula is C24H27ClN3O3S+. The topological polar surface area (TPSA) is 70.9 Å². The van der Waals surface area contributed by atoms with E-state index in [0.717, 1.165) is 10.5 Å². The number of para-hydroxylation sites is 1. The highest BCUT2D eigenvalue weighted by molar-refractivity contribution is 7.92. The highest BCUT2D eigenvalue weighted by Gasteiger charge is 2.25. The van der Waals surface area contributed by atoms with Gasteiger partial charge in [0.25, 0.3) is 15.9 Å². The van der Waals surface area contributed by atoms with Crippen molar-refractivity contribution in [3.05, 3.63) is 95.0 Å². The molecule has 0 saturated heterocycles. The molecule has 0 aromatic heterocycles. The summed E-state index contributed by atoms with van der Waals surface area (Å²) in [5.74, 6) is -0.420. The minimum atomic E-state index is -3.86. The highest BCUT2D eigenvalue weighted by Crippen LogP contribution is 2.25. The van der Waals surface area contributed by atoms with Crippen LogP contribution in [0.2, 0.25) is 5.02 Å². The first-order valence-corrected chi connectivity index (χ1v) is 12.0. The first-order chi connectivity index (χ1) is 15.2. The second-order valence-electron chi connectivity index (χ2n) is 7.70. The summed E-state index contributed by atoms with van der Waals surface area (Å²) in [6.45, 7) is 0.377. The fourth-order valence-corrected chi connectivity index (χ4v) is 4.83. The molecule has 32 heavy (non-hydrogen) atoms. The maximum atomic E-state index is 13.1. The SMILES string of the molecule is CN(c1ccccc1)S(=O)(=O)c1ccc(Cl)c(C(=O)NC[C@@H](c2ccccc2)[NH+](C)C)c1. The summed E-state index contributed by atoms with van der Waals surface area (Å²) in [5.41, 5.74) is 1.74. The molecule has 2 N–H and O–H groups in total. The predicted molar refractivity (Wildman–Crippen MR) is 128 cm³/mol. The summed E-state index contributed by atoms with van der Waals surface area (Å²) in [5, 5.41) is 3.10. The van der Waals surface area contributed by atoms with Gasteiger partial charge in [-0.05, 0) is 30.3 Å². The Morgan fingerprint density at radius 1 is 1.00 bits per heavy atom. The zero-order chi connectivity index (χ0) is 23.3. The molecule has 0 bridgehead atoms. The second kappa shape index (κ2) is 10.2. The number of amides is 1. The van der Waals surface area contributed by atoms with Crippen molar-refractivity contribution in [3.63, 3.8) is 0 Å². The Labute approximate surface area is 194 Å². The molecule has 0 saturated carbocycles. The van der Waals surface area contributed by atoms with Crippen LogP contribution in [0.15, 0.2) is 83.8 Å². The summed E-state index contributed by atoms with van der Waals surface area (Å²) < 4.78 is 27.4. The van der Waals surface area contributed by atoms with Crippen molar-refractivity contribution in [2.75, 3.05) is 32.0 Å². The predicted octanol–water partition coefficient (Wildman–Crippen LogP) is 2.78. The summed E-state index contributed by atoms with van der Waals surface area (Å²) in [4.78, 5) is 14.1. The second-order valence-corrected chi connectivity index (χ2v) is 10.1. The smallest absolute Gasteiger partial charge is 0.264 e. The van der Waals surface area contributed by atoms with E-state index in [0.29, 0.717) is 12.2 Å². The number of hydrogen-bond acceptors (Lipinski definition) is 3. The highest BCUT2D eigenvalue weighted by atomic mass is 35.5. The van der Waals surface area contributed by atoms with Gasteiger partial charge in [0, 0.05) is 12.6 Å². The third-order valence-corrected chi connectivity index (χ3v) is 7.44. The van der Waals surface area contributed by atoms with Crippen LogP contribution in [0.4, 0.5) is 5.69 Å². The van der Waals surface area contributed by atoms with Crippen LogP contribution < -0.4 is 14.5 Å². The molecule has 0 aliphatic heterocycles. The third kappa shape index (κ3) is 5.30. The van der Waals surface area contributed by atoms with Crippen LogP contribution in [0.5, 0.6) is 0 Å². The number of sulfonamides is 1. The standard InChI is InChI=1S/C24H26ClN3O3S/c1-27(2)23(18-10-6-4-7-11-18)17-26-24(29)21-16-20(14-15-22(21)25)32(30,31)28(3)19-12-8-5-9-13-19/h4-16,23H,17H2,1-3H3,(H,26,29)/p+1/t23-/m0/s1. The van der Waals surface area contributed by atoms with Gasteiger partial charge in [0.2, 0.25) is 0 Å². The summed E-state index contributed by atoms with van der Waals surface area (Å²) >= 11 is 6.26. The van der Waals surface area contributed by atoms with Gasteiger partial charge in [0.15, 0.2) is 0 Å². The van der Waals surface area contributed by atoms with Gasteiger partial charge in [-0.2, -0.15) is 0 Å². The van der Waals surface area contributed by atoms with E-state index in [1.165, 1.54) is 29.6 Å². The van der Waals surface area contributed by atoms with E-state index in [2.05, 4.69) is 5.32 Å². The van der Waals surface area contributed by atoms with Crippen molar-refractivity contribution in [1.29, 1.82) is 0 Å². The monoisotopic (exact) mass is 472 g/mol. The molecular weight excluding hydrogens is 446 g/mol. The normalized spacial score (nSPS) is 12.4. The van der Waals surface area contributed by atoms with Crippen molar-refractivity contribution in [3.8, 4) is 0 Å². The number of rotatable bonds is 8. The van der Waals surface area contributed by atoms with E-state index < -0.39 is 15.9 Å². The third-order valence-electron chi connectivity index (χ3n) is 5.33. The van der Waals surface area contributed by atoms with Crippen molar-refractivity contribution in [1.82, 2.24) is 5.32 Å². The molecule has 8 heteroatoms. The number of benzene rings is 3. The van der Waals surface area contributed by atoms with Gasteiger partial charge in [-0.3, -0.25) is 9.10 Å². The first kappa shape index (κ1) is 23.8. The number of carbonyl (C=O) groups excluding carboxylic acids is 1. The van der Waals surface area contributed by atoms with E-state index in [4.69, 9.17) is 11.6 Å². The summed E-state index contributed by atoms with van der Waals surface area (Å²) in [6.07, 6.45) is 0. The fourth-order valence-electron chi connectivity index (χ4n) is 3.40. The lowest BCUT2D eigenvalue weighted by Crippen LogP contribution is -3.07. The van der Waals surface area contributed by atoms with Crippen LogP contribution in [0.1, 0.15) is 22.0 Å². The van der Waals surface area contributed by atoms with Gasteiger partial charge in [0.1, 0.15) is 6.04 Å². The Kier molecular flexibility index (Phi) is 7.56. The number of anilines is 1. The van der Waals surface area contributed by atoms with Crippen LogP contribution in [0, 0.1) is 0 Å². The van der Waals surface area contributed by atoms with Gasteiger partial charge < -0.3 is 10.2 Å². The molecule has 1 atom stereocenters. The molecule has 0 aliphatic carbocycles. The van der Waals surface area contributed by atoms with Crippen molar-refractivity contribution in [2.24, 2.45) is 0 Å². The lowest BCUT2D eigenvalue weighted by Gasteiger charge is -2.22. The Morgan fingerprint density at radius 3 is 2.19 bits per heavy atom.